The Balaban J connectivity index is 1.93. The van der Waals surface area contributed by atoms with Crippen molar-refractivity contribution in [1.82, 2.24) is 19.9 Å². The van der Waals surface area contributed by atoms with E-state index in [-0.39, 0.29) is 27.1 Å². The average Bonchev–Trinajstić information content (AvgIpc) is 2.65. The summed E-state index contributed by atoms with van der Waals surface area (Å²) >= 11 is 5.81. The van der Waals surface area contributed by atoms with E-state index in [1.165, 1.54) is 43.8 Å². The first-order valence-corrected chi connectivity index (χ1v) is 9.51. The Bertz CT molecular complexity index is 1210. The van der Waals surface area contributed by atoms with Crippen molar-refractivity contribution in [2.45, 2.75) is 11.8 Å². The van der Waals surface area contributed by atoms with Crippen LogP contribution in [0.15, 0.2) is 41.8 Å². The summed E-state index contributed by atoms with van der Waals surface area (Å²) in [5, 5.41) is 0.129. The van der Waals surface area contributed by atoms with Crippen molar-refractivity contribution in [3.8, 4) is 11.8 Å². The second-order valence-electron chi connectivity index (χ2n) is 5.44. The van der Waals surface area contributed by atoms with Crippen molar-refractivity contribution in [2.75, 3.05) is 10.5 Å². The number of nitrogens with zero attached hydrogens (tertiary/aromatic N) is 4. The van der Waals surface area contributed by atoms with Crippen LogP contribution in [0.5, 0.6) is 0 Å². The van der Waals surface area contributed by atoms with Gasteiger partial charge in [0.2, 0.25) is 5.95 Å². The Morgan fingerprint density at radius 2 is 1.86 bits per heavy atom. The second kappa shape index (κ2) is 7.75. The van der Waals surface area contributed by atoms with Crippen molar-refractivity contribution in [1.29, 1.82) is 0 Å². The molecule has 3 aromatic rings. The fourth-order valence-electron chi connectivity index (χ4n) is 2.10. The predicted molar refractivity (Wildman–Crippen MR) is 101 cm³/mol. The Hall–Kier alpha value is -3.29. The fourth-order valence-corrected chi connectivity index (χ4v) is 3.55. The van der Waals surface area contributed by atoms with Gasteiger partial charge >= 0.3 is 0 Å². The first-order chi connectivity index (χ1) is 13.3. The number of hydrogen-bond donors (Lipinski definition) is 2. The van der Waals surface area contributed by atoms with Crippen LogP contribution in [0.2, 0.25) is 5.02 Å². The summed E-state index contributed by atoms with van der Waals surface area (Å²) in [5.41, 5.74) is 5.94. The minimum absolute atomic E-state index is 0.0644. The van der Waals surface area contributed by atoms with Crippen molar-refractivity contribution < 1.29 is 12.8 Å². The number of rotatable bonds is 3. The molecule has 3 heterocycles. The molecule has 0 unspecified atom stereocenters. The van der Waals surface area contributed by atoms with Gasteiger partial charge in [0.1, 0.15) is 4.90 Å². The Labute approximate surface area is 165 Å². The van der Waals surface area contributed by atoms with E-state index < -0.39 is 21.7 Å². The Kier molecular flexibility index (Phi) is 5.39. The molecule has 0 saturated heterocycles. The number of sulfonamides is 1. The molecule has 0 bridgehead atoms. The summed E-state index contributed by atoms with van der Waals surface area (Å²) in [5.74, 6) is 3.90. The van der Waals surface area contributed by atoms with Crippen LogP contribution in [0, 0.1) is 24.6 Å². The topological polar surface area (TPSA) is 124 Å². The molecule has 0 radical (unpaired) electrons. The van der Waals surface area contributed by atoms with Gasteiger partial charge < -0.3 is 5.73 Å². The van der Waals surface area contributed by atoms with Gasteiger partial charge in [-0.15, -0.1) is 0 Å². The van der Waals surface area contributed by atoms with Gasteiger partial charge in [0.15, 0.2) is 11.6 Å². The van der Waals surface area contributed by atoms with Crippen LogP contribution < -0.4 is 10.5 Å². The molecule has 0 spiro atoms. The zero-order chi connectivity index (χ0) is 20.3. The molecule has 0 aliphatic heterocycles. The highest BCUT2D eigenvalue weighted by Crippen LogP contribution is 2.22. The van der Waals surface area contributed by atoms with E-state index in [4.69, 9.17) is 17.3 Å². The third kappa shape index (κ3) is 4.33. The van der Waals surface area contributed by atoms with E-state index in [2.05, 4.69) is 36.5 Å². The lowest BCUT2D eigenvalue weighted by Crippen LogP contribution is -2.17. The molecule has 3 N–H and O–H groups in total. The van der Waals surface area contributed by atoms with Gasteiger partial charge in [0.25, 0.3) is 10.0 Å². The van der Waals surface area contributed by atoms with Gasteiger partial charge in [-0.25, -0.2) is 27.8 Å². The second-order valence-corrected chi connectivity index (χ2v) is 7.53. The molecule has 28 heavy (non-hydrogen) atoms. The van der Waals surface area contributed by atoms with Crippen LogP contribution >= 0.6 is 11.6 Å². The molecule has 0 saturated carbocycles. The number of nitrogen functional groups attached to an aromatic ring is 1. The van der Waals surface area contributed by atoms with Crippen LogP contribution in [-0.2, 0) is 10.0 Å². The highest BCUT2D eigenvalue weighted by Gasteiger charge is 2.21. The Morgan fingerprint density at radius 3 is 2.57 bits per heavy atom. The van der Waals surface area contributed by atoms with Gasteiger partial charge in [-0.05, 0) is 19.1 Å². The molecule has 0 atom stereocenters. The van der Waals surface area contributed by atoms with Gasteiger partial charge in [0, 0.05) is 24.8 Å². The standard InChI is InChI=1S/C17H12ClFN6O2S/c1-10-14(6-13(18)9-22-10)28(26,27)25-16-15(19)12(4-5-21-16)3-2-11-7-23-17(20)24-8-11/h4-9H,1H3,(H,21,25)(H2,20,23,24). The maximum atomic E-state index is 14.7. The molecule has 0 aliphatic carbocycles. The third-order valence-corrected chi connectivity index (χ3v) is 5.09. The number of aromatic nitrogens is 4. The summed E-state index contributed by atoms with van der Waals surface area (Å²) in [6.45, 7) is 1.49. The molecular weight excluding hydrogens is 407 g/mol. The van der Waals surface area contributed by atoms with Gasteiger partial charge in [-0.2, -0.15) is 0 Å². The number of nitrogens with two attached hydrogens (primary N) is 1. The minimum Gasteiger partial charge on any atom is -0.368 e. The lowest BCUT2D eigenvalue weighted by atomic mass is 10.2. The number of anilines is 2. The Morgan fingerprint density at radius 1 is 1.14 bits per heavy atom. The van der Waals surface area contributed by atoms with Crippen molar-refractivity contribution in [3.05, 3.63) is 64.6 Å². The molecule has 0 aliphatic rings. The number of nitrogens with one attached hydrogen (secondary N) is 1. The zero-order valence-corrected chi connectivity index (χ0v) is 15.9. The quantitative estimate of drug-likeness (QED) is 0.624. The average molecular weight is 419 g/mol. The molecule has 142 valence electrons. The smallest absolute Gasteiger partial charge is 0.264 e. The molecule has 0 aromatic carbocycles. The SMILES string of the molecule is Cc1ncc(Cl)cc1S(=O)(=O)Nc1nccc(C#Cc2cnc(N)nc2)c1F. The molecule has 3 aromatic heterocycles. The molecular formula is C17H12ClFN6O2S. The summed E-state index contributed by atoms with van der Waals surface area (Å²) in [7, 11) is -4.16. The van der Waals surface area contributed by atoms with Crippen LogP contribution in [-0.4, -0.2) is 28.4 Å². The first kappa shape index (κ1) is 19.5. The maximum absolute atomic E-state index is 14.7. The normalized spacial score (nSPS) is 10.8. The lowest BCUT2D eigenvalue weighted by Gasteiger charge is -2.10. The molecule has 11 heteroatoms. The van der Waals surface area contributed by atoms with Crippen molar-refractivity contribution in [3.63, 3.8) is 0 Å². The van der Waals surface area contributed by atoms with Gasteiger partial charge in [-0.3, -0.25) is 9.71 Å². The van der Waals surface area contributed by atoms with Gasteiger partial charge in [0.05, 0.1) is 21.8 Å². The summed E-state index contributed by atoms with van der Waals surface area (Å²) in [6.07, 6.45) is 5.30. The number of hydrogen-bond acceptors (Lipinski definition) is 7. The first-order valence-electron chi connectivity index (χ1n) is 7.65. The van der Waals surface area contributed by atoms with Gasteiger partial charge in [-0.1, -0.05) is 23.4 Å². The largest absolute Gasteiger partial charge is 0.368 e. The summed E-state index contributed by atoms with van der Waals surface area (Å²) < 4.78 is 41.9. The van der Waals surface area contributed by atoms with E-state index >= 15 is 0 Å². The zero-order valence-electron chi connectivity index (χ0n) is 14.3. The van der Waals surface area contributed by atoms with Crippen LogP contribution in [0.4, 0.5) is 16.2 Å². The number of aryl methyl sites for hydroxylation is 1. The van der Waals surface area contributed by atoms with E-state index in [1.54, 1.807) is 0 Å². The number of pyridine rings is 2. The van der Waals surface area contributed by atoms with Crippen molar-refractivity contribution in [2.24, 2.45) is 0 Å². The predicted octanol–water partition coefficient (Wildman–Crippen LogP) is 2.15. The number of halogens is 2. The molecule has 0 fully saturated rings. The summed E-state index contributed by atoms with van der Waals surface area (Å²) in [4.78, 5) is 15.0. The van der Waals surface area contributed by atoms with E-state index in [9.17, 15) is 12.8 Å². The monoisotopic (exact) mass is 418 g/mol. The molecule has 8 nitrogen and oxygen atoms in total. The van der Waals surface area contributed by atoms with Crippen molar-refractivity contribution >= 4 is 33.4 Å². The minimum atomic E-state index is -4.16. The van der Waals surface area contributed by atoms with Crippen LogP contribution in [0.1, 0.15) is 16.8 Å². The molecule has 3 rings (SSSR count). The van der Waals surface area contributed by atoms with E-state index in [0.717, 1.165) is 0 Å². The van der Waals surface area contributed by atoms with Crippen LogP contribution in [0.25, 0.3) is 0 Å². The van der Waals surface area contributed by atoms with Crippen LogP contribution in [0.3, 0.4) is 0 Å². The molecule has 0 amide bonds. The lowest BCUT2D eigenvalue weighted by molar-refractivity contribution is 0.596. The highest BCUT2D eigenvalue weighted by molar-refractivity contribution is 7.92. The van der Waals surface area contributed by atoms with E-state index in [1.807, 2.05) is 0 Å². The third-order valence-electron chi connectivity index (χ3n) is 3.43. The van der Waals surface area contributed by atoms with E-state index in [0.29, 0.717) is 5.56 Å². The maximum Gasteiger partial charge on any atom is 0.264 e. The highest BCUT2D eigenvalue weighted by atomic mass is 35.5. The summed E-state index contributed by atoms with van der Waals surface area (Å²) in [6, 6.07) is 2.53. The fraction of sp³-hybridized carbons (Fsp3) is 0.0588.